The highest BCUT2D eigenvalue weighted by molar-refractivity contribution is 7.22. The molecule has 13 heteroatoms. The van der Waals surface area contributed by atoms with Crippen molar-refractivity contribution in [2.45, 2.75) is 32.5 Å². The highest BCUT2D eigenvalue weighted by Gasteiger charge is 2.28. The highest BCUT2D eigenvalue weighted by atomic mass is 35.5. The van der Waals surface area contributed by atoms with E-state index < -0.39 is 12.1 Å². The van der Waals surface area contributed by atoms with Crippen LogP contribution in [0.15, 0.2) is 97.5 Å². The van der Waals surface area contributed by atoms with Gasteiger partial charge in [0.05, 0.1) is 34.5 Å². The molecule has 0 spiro atoms. The van der Waals surface area contributed by atoms with Crippen molar-refractivity contribution in [3.63, 3.8) is 0 Å². The van der Waals surface area contributed by atoms with Crippen LogP contribution in [0.3, 0.4) is 0 Å². The number of nitrogens with zero attached hydrogens (tertiary/aromatic N) is 4. The number of thiophene rings is 1. The number of ether oxygens (including phenoxy) is 3. The molecule has 2 aliphatic heterocycles. The lowest BCUT2D eigenvalue weighted by atomic mass is 9.95. The number of nitrogens with one attached hydrogen (secondary N) is 1. The van der Waals surface area contributed by atoms with Crippen LogP contribution in [0.25, 0.3) is 43.2 Å². The van der Waals surface area contributed by atoms with Crippen molar-refractivity contribution in [3.8, 4) is 50.3 Å². The largest absolute Gasteiger partial charge is 0.496 e. The summed E-state index contributed by atoms with van der Waals surface area (Å²) in [5, 5.41) is 15.2. The SMILES string of the molecule is COc1ccccc1-c1nccc(COc2ccc3cc2C[C@H](C(=O)O)Oc2ncnc4sc(-c5ccc(F)cc5)c(c24)-c2ccc(c(Cl)c2C)NCC3)n1. The van der Waals surface area contributed by atoms with Crippen molar-refractivity contribution in [2.75, 3.05) is 19.0 Å². The zero-order chi connectivity index (χ0) is 38.1. The van der Waals surface area contributed by atoms with E-state index in [-0.39, 0.29) is 24.7 Å². The molecule has 0 fully saturated rings. The number of rotatable bonds is 7. The second-order valence-corrected chi connectivity index (χ2v) is 14.3. The van der Waals surface area contributed by atoms with E-state index in [4.69, 9.17) is 30.8 Å². The quantitative estimate of drug-likeness (QED) is 0.162. The van der Waals surface area contributed by atoms with Gasteiger partial charge in [0.25, 0.3) is 0 Å². The molecule has 7 aromatic rings. The second-order valence-electron chi connectivity index (χ2n) is 12.9. The summed E-state index contributed by atoms with van der Waals surface area (Å²) < 4.78 is 32.3. The minimum Gasteiger partial charge on any atom is -0.496 e. The first kappa shape index (κ1) is 35.9. The Morgan fingerprint density at radius 3 is 2.67 bits per heavy atom. The number of benzene rings is 4. The van der Waals surface area contributed by atoms with Crippen LogP contribution in [0.2, 0.25) is 5.02 Å². The van der Waals surface area contributed by atoms with Gasteiger partial charge in [0.2, 0.25) is 12.0 Å². The Morgan fingerprint density at radius 2 is 1.85 bits per heavy atom. The predicted octanol–water partition coefficient (Wildman–Crippen LogP) is 9.21. The van der Waals surface area contributed by atoms with E-state index in [1.165, 1.54) is 29.8 Å². The molecule has 9 rings (SSSR count). The van der Waals surface area contributed by atoms with Crippen molar-refractivity contribution in [2.24, 2.45) is 0 Å². The number of para-hydroxylation sites is 1. The lowest BCUT2D eigenvalue weighted by Crippen LogP contribution is -2.30. The van der Waals surface area contributed by atoms with Crippen LogP contribution in [0.5, 0.6) is 17.4 Å². The number of anilines is 1. The molecule has 4 bridgehead atoms. The molecule has 276 valence electrons. The minimum absolute atomic E-state index is 0.0312. The molecule has 2 N–H and O–H groups in total. The summed E-state index contributed by atoms with van der Waals surface area (Å²) in [4.78, 5) is 32.6. The number of carbonyl (C=O) groups is 1. The molecule has 4 aromatic carbocycles. The summed E-state index contributed by atoms with van der Waals surface area (Å²) in [6.07, 6.45) is 2.25. The standard InChI is InChI=1S/C42H33ClFN5O5S/c1-23-29-12-13-31(37(23)43)45-17-15-24-7-14-32(53-21-28-16-18-46-39(49-28)30-5-3-4-6-33(30)52-2)26(19-24)20-34(42(50)51)54-40-36-35(29)38(55-41(36)48-22-47-40)25-8-10-27(44)11-9-25/h3-14,16,18-19,22,34,45H,15,17,20-21H2,1-2H3,(H,50,51)/t34-/m1/s1. The molecule has 0 radical (unpaired) electrons. The summed E-state index contributed by atoms with van der Waals surface area (Å²) in [7, 11) is 1.60. The predicted molar refractivity (Wildman–Crippen MR) is 211 cm³/mol. The lowest BCUT2D eigenvalue weighted by Gasteiger charge is -2.20. The third-order valence-corrected chi connectivity index (χ3v) is 11.1. The summed E-state index contributed by atoms with van der Waals surface area (Å²) in [5.41, 5.74) is 6.80. The van der Waals surface area contributed by atoms with Crippen LogP contribution >= 0.6 is 22.9 Å². The van der Waals surface area contributed by atoms with Crippen molar-refractivity contribution in [1.29, 1.82) is 0 Å². The molecule has 55 heavy (non-hydrogen) atoms. The Morgan fingerprint density at radius 1 is 1.02 bits per heavy atom. The minimum atomic E-state index is -1.35. The van der Waals surface area contributed by atoms with Gasteiger partial charge in [-0.15, -0.1) is 11.3 Å². The Balaban J connectivity index is 1.20. The molecule has 0 aliphatic carbocycles. The zero-order valence-electron chi connectivity index (χ0n) is 29.7. The van der Waals surface area contributed by atoms with Gasteiger partial charge in [0.15, 0.2) is 5.82 Å². The number of aromatic nitrogens is 4. The Kier molecular flexibility index (Phi) is 10.0. The first-order valence-electron chi connectivity index (χ1n) is 17.4. The Labute approximate surface area is 324 Å². The average Bonchev–Trinajstić information content (AvgIpc) is 3.59. The number of methoxy groups -OCH3 is 1. The van der Waals surface area contributed by atoms with Crippen LogP contribution in [0.4, 0.5) is 10.1 Å². The topological polar surface area (TPSA) is 129 Å². The van der Waals surface area contributed by atoms with Crippen LogP contribution in [-0.4, -0.2) is 50.8 Å². The van der Waals surface area contributed by atoms with Crippen LogP contribution in [0, 0.1) is 12.7 Å². The Bertz CT molecular complexity index is 2570. The normalized spacial score (nSPS) is 13.9. The molecule has 0 saturated heterocycles. The molecule has 5 heterocycles. The van der Waals surface area contributed by atoms with Gasteiger partial charge < -0.3 is 24.6 Å². The van der Waals surface area contributed by atoms with Gasteiger partial charge in [-0.3, -0.25) is 0 Å². The van der Waals surface area contributed by atoms with E-state index in [1.54, 1.807) is 31.5 Å². The highest BCUT2D eigenvalue weighted by Crippen LogP contribution is 2.49. The van der Waals surface area contributed by atoms with Crippen LogP contribution in [-0.2, 0) is 24.2 Å². The molecule has 2 aliphatic rings. The third-order valence-electron chi connectivity index (χ3n) is 9.44. The second kappa shape index (κ2) is 15.3. The maximum Gasteiger partial charge on any atom is 0.345 e. The van der Waals surface area contributed by atoms with Gasteiger partial charge in [-0.25, -0.2) is 29.1 Å². The van der Waals surface area contributed by atoms with Crippen LogP contribution in [0.1, 0.15) is 22.4 Å². The summed E-state index contributed by atoms with van der Waals surface area (Å²) in [5.74, 6) is 0.187. The van der Waals surface area contributed by atoms with Crippen molar-refractivity contribution in [1.82, 2.24) is 19.9 Å². The first-order valence-corrected chi connectivity index (χ1v) is 18.6. The van der Waals surface area contributed by atoms with Crippen molar-refractivity contribution in [3.05, 3.63) is 131 Å². The fraction of sp³-hybridized carbons (Fsp3) is 0.167. The van der Waals surface area contributed by atoms with Crippen molar-refractivity contribution >= 4 is 44.8 Å². The monoisotopic (exact) mass is 773 g/mol. The van der Waals surface area contributed by atoms with Gasteiger partial charge in [-0.1, -0.05) is 54.1 Å². The van der Waals surface area contributed by atoms with E-state index in [2.05, 4.69) is 20.3 Å². The van der Waals surface area contributed by atoms with Gasteiger partial charge in [-0.05, 0) is 83.6 Å². The number of hydrogen-bond acceptors (Lipinski definition) is 10. The van der Waals surface area contributed by atoms with Crippen molar-refractivity contribution < 1.29 is 28.5 Å². The number of carboxylic acids is 1. The van der Waals surface area contributed by atoms with E-state index in [0.717, 1.165) is 38.4 Å². The number of fused-ring (bicyclic) bond motifs is 6. The first-order chi connectivity index (χ1) is 26.8. The van der Waals surface area contributed by atoms with Gasteiger partial charge in [0.1, 0.15) is 35.1 Å². The average molecular weight is 774 g/mol. The third kappa shape index (κ3) is 7.26. The van der Waals surface area contributed by atoms with E-state index in [1.807, 2.05) is 61.5 Å². The molecule has 10 nitrogen and oxygen atoms in total. The van der Waals surface area contributed by atoms with Gasteiger partial charge >= 0.3 is 5.97 Å². The summed E-state index contributed by atoms with van der Waals surface area (Å²) >= 11 is 8.41. The molecule has 3 aromatic heterocycles. The summed E-state index contributed by atoms with van der Waals surface area (Å²) in [6.45, 7) is 2.59. The Hall–Kier alpha value is -6.11. The summed E-state index contributed by atoms with van der Waals surface area (Å²) in [6, 6.07) is 25.1. The van der Waals surface area contributed by atoms with Gasteiger partial charge in [-0.2, -0.15) is 0 Å². The molecular weight excluding hydrogens is 741 g/mol. The maximum atomic E-state index is 14.1. The van der Waals surface area contributed by atoms with Gasteiger partial charge in [0, 0.05) is 29.6 Å². The van der Waals surface area contributed by atoms with Crippen LogP contribution < -0.4 is 19.5 Å². The van der Waals surface area contributed by atoms with E-state index in [0.29, 0.717) is 62.3 Å². The number of halogens is 2. The lowest BCUT2D eigenvalue weighted by molar-refractivity contribution is -0.145. The number of carboxylic acid groups (broad SMARTS) is 1. The number of hydrogen-bond donors (Lipinski definition) is 2. The molecule has 0 saturated carbocycles. The molecule has 0 unspecified atom stereocenters. The fourth-order valence-electron chi connectivity index (χ4n) is 6.68. The van der Waals surface area contributed by atoms with E-state index >= 15 is 0 Å². The smallest absolute Gasteiger partial charge is 0.345 e. The molecular formula is C42H33ClFN5O5S. The zero-order valence-corrected chi connectivity index (χ0v) is 31.2. The molecule has 1 atom stereocenters. The maximum absolute atomic E-state index is 14.1. The fourth-order valence-corrected chi connectivity index (χ4v) is 8.07. The van der Waals surface area contributed by atoms with E-state index in [9.17, 15) is 14.3 Å². The number of aliphatic carboxylic acids is 1. The molecule has 0 amide bonds.